The van der Waals surface area contributed by atoms with E-state index in [1.54, 1.807) is 18.2 Å². The number of nitrogens with zero attached hydrogens (tertiary/aromatic N) is 1. The maximum atomic E-state index is 9.94. The zero-order valence-corrected chi connectivity index (χ0v) is 7.56. The molecule has 0 aromatic heterocycles. The number of benzene rings is 1. The van der Waals surface area contributed by atoms with Gasteiger partial charge in [0.05, 0.1) is 10.7 Å². The number of carbonyl (C=O) groups excluding carboxylic acids is 1. The highest BCUT2D eigenvalue weighted by Crippen LogP contribution is 2.28. The molecule has 0 aliphatic rings. The molecule has 62 valence electrons. The summed E-state index contributed by atoms with van der Waals surface area (Å²) in [5.74, 6) is 0.307. The highest BCUT2D eigenvalue weighted by Gasteiger charge is 2.02. The van der Waals surface area contributed by atoms with E-state index in [0.29, 0.717) is 16.6 Å². The van der Waals surface area contributed by atoms with E-state index in [9.17, 15) is 4.79 Å². The molecule has 1 aromatic rings. The number of isocyanates is 1. The first-order chi connectivity index (χ1) is 5.79. The molecule has 0 N–H and O–H groups in total. The van der Waals surface area contributed by atoms with Crippen LogP contribution in [0.1, 0.15) is 5.56 Å². The van der Waals surface area contributed by atoms with Crippen LogP contribution in [0.4, 0.5) is 5.69 Å². The predicted molar refractivity (Wildman–Crippen MR) is 48.8 cm³/mol. The van der Waals surface area contributed by atoms with Gasteiger partial charge in [0.25, 0.3) is 0 Å². The summed E-state index contributed by atoms with van der Waals surface area (Å²) in [6.07, 6.45) is 1.42. The number of alkyl halides is 1. The van der Waals surface area contributed by atoms with E-state index in [2.05, 4.69) is 4.99 Å². The Labute approximate surface area is 79.8 Å². The van der Waals surface area contributed by atoms with Gasteiger partial charge in [0.2, 0.25) is 6.08 Å². The molecule has 0 heterocycles. The van der Waals surface area contributed by atoms with Crippen LogP contribution >= 0.6 is 23.2 Å². The lowest BCUT2D eigenvalue weighted by Crippen LogP contribution is -1.79. The zero-order chi connectivity index (χ0) is 8.97. The molecule has 0 bridgehead atoms. The van der Waals surface area contributed by atoms with Crippen LogP contribution in [0.3, 0.4) is 0 Å². The van der Waals surface area contributed by atoms with Crippen LogP contribution in [0, 0.1) is 0 Å². The predicted octanol–water partition coefficient (Wildman–Crippen LogP) is 3.05. The average molecular weight is 202 g/mol. The van der Waals surface area contributed by atoms with Crippen LogP contribution in [0.15, 0.2) is 23.2 Å². The van der Waals surface area contributed by atoms with E-state index in [1.165, 1.54) is 6.08 Å². The Morgan fingerprint density at radius 2 is 2.25 bits per heavy atom. The molecule has 1 rings (SSSR count). The van der Waals surface area contributed by atoms with Crippen LogP contribution < -0.4 is 0 Å². The van der Waals surface area contributed by atoms with Gasteiger partial charge in [-0.2, -0.15) is 4.99 Å². The lowest BCUT2D eigenvalue weighted by Gasteiger charge is -2.00. The van der Waals surface area contributed by atoms with Crippen molar-refractivity contribution < 1.29 is 4.79 Å². The third kappa shape index (κ3) is 1.86. The Bertz CT molecular complexity index is 332. The molecule has 0 atom stereocenters. The van der Waals surface area contributed by atoms with Crippen molar-refractivity contribution >= 4 is 35.0 Å². The second kappa shape index (κ2) is 4.27. The van der Waals surface area contributed by atoms with E-state index in [0.717, 1.165) is 5.56 Å². The van der Waals surface area contributed by atoms with Crippen LogP contribution in [0.2, 0.25) is 5.02 Å². The van der Waals surface area contributed by atoms with Gasteiger partial charge in [-0.05, 0) is 11.6 Å². The molecule has 1 aromatic carbocycles. The summed E-state index contributed by atoms with van der Waals surface area (Å²) in [6.45, 7) is 0. The molecule has 0 aliphatic carbocycles. The largest absolute Gasteiger partial charge is 0.240 e. The van der Waals surface area contributed by atoms with Crippen LogP contribution in [-0.2, 0) is 10.7 Å². The molecule has 4 heteroatoms. The fourth-order valence-corrected chi connectivity index (χ4v) is 1.33. The monoisotopic (exact) mass is 201 g/mol. The molecule has 0 amide bonds. The first kappa shape index (κ1) is 9.27. The van der Waals surface area contributed by atoms with Gasteiger partial charge in [0.1, 0.15) is 0 Å². The summed E-state index contributed by atoms with van der Waals surface area (Å²) in [6, 6.07) is 5.14. The standard InChI is InChI=1S/C8H5Cl2NO/c9-4-6-2-1-3-7(8(6)10)11-5-12/h1-3H,4H2. The minimum absolute atomic E-state index is 0.307. The number of hydrogen-bond acceptors (Lipinski definition) is 2. The number of hydrogen-bond donors (Lipinski definition) is 0. The fourth-order valence-electron chi connectivity index (χ4n) is 0.805. The Morgan fingerprint density at radius 3 is 2.83 bits per heavy atom. The third-order valence-corrected chi connectivity index (χ3v) is 2.09. The van der Waals surface area contributed by atoms with Gasteiger partial charge in [-0.3, -0.25) is 0 Å². The van der Waals surface area contributed by atoms with Crippen molar-refractivity contribution in [3.05, 3.63) is 28.8 Å². The van der Waals surface area contributed by atoms with Crippen molar-refractivity contribution in [2.24, 2.45) is 4.99 Å². The maximum Gasteiger partial charge on any atom is 0.240 e. The van der Waals surface area contributed by atoms with Crippen molar-refractivity contribution in [2.75, 3.05) is 0 Å². The van der Waals surface area contributed by atoms with E-state index in [1.807, 2.05) is 0 Å². The summed E-state index contributed by atoms with van der Waals surface area (Å²) in [7, 11) is 0. The second-order valence-corrected chi connectivity index (χ2v) is 2.73. The molecule has 2 nitrogen and oxygen atoms in total. The van der Waals surface area contributed by atoms with Gasteiger partial charge in [0.15, 0.2) is 0 Å². The Kier molecular flexibility index (Phi) is 3.30. The lowest BCUT2D eigenvalue weighted by molar-refractivity contribution is 0.565. The van der Waals surface area contributed by atoms with Crippen molar-refractivity contribution in [2.45, 2.75) is 5.88 Å². The molecule has 0 saturated heterocycles. The van der Waals surface area contributed by atoms with E-state index < -0.39 is 0 Å². The summed E-state index contributed by atoms with van der Waals surface area (Å²) < 4.78 is 0. The molecule has 0 fully saturated rings. The highest BCUT2D eigenvalue weighted by molar-refractivity contribution is 6.34. The SMILES string of the molecule is O=C=Nc1cccc(CCl)c1Cl. The molecule has 0 radical (unpaired) electrons. The third-order valence-electron chi connectivity index (χ3n) is 1.37. The van der Waals surface area contributed by atoms with Gasteiger partial charge in [-0.1, -0.05) is 23.7 Å². The summed E-state index contributed by atoms with van der Waals surface area (Å²) in [5.41, 5.74) is 1.17. The molecule has 0 unspecified atom stereocenters. The molecular formula is C8H5Cl2NO. The smallest absolute Gasteiger partial charge is 0.211 e. The lowest BCUT2D eigenvalue weighted by atomic mass is 10.2. The molecule has 12 heavy (non-hydrogen) atoms. The molecule has 0 aliphatic heterocycles. The van der Waals surface area contributed by atoms with Gasteiger partial charge in [0, 0.05) is 5.88 Å². The van der Waals surface area contributed by atoms with Crippen LogP contribution in [-0.4, -0.2) is 6.08 Å². The zero-order valence-electron chi connectivity index (χ0n) is 6.05. The van der Waals surface area contributed by atoms with Gasteiger partial charge < -0.3 is 0 Å². The number of aliphatic imine (C=N–C) groups is 1. The Balaban J connectivity index is 3.22. The maximum absolute atomic E-state index is 9.94. The van der Waals surface area contributed by atoms with Crippen LogP contribution in [0.25, 0.3) is 0 Å². The van der Waals surface area contributed by atoms with E-state index in [4.69, 9.17) is 23.2 Å². The highest BCUT2D eigenvalue weighted by atomic mass is 35.5. The van der Waals surface area contributed by atoms with Gasteiger partial charge in [-0.25, -0.2) is 4.79 Å². The summed E-state index contributed by atoms with van der Waals surface area (Å²) in [5, 5.41) is 0.413. The normalized spacial score (nSPS) is 9.17. The van der Waals surface area contributed by atoms with Crippen molar-refractivity contribution in [1.82, 2.24) is 0 Å². The first-order valence-electron chi connectivity index (χ1n) is 3.21. The number of rotatable bonds is 2. The average Bonchev–Trinajstić information content (AvgIpc) is 2.09. The van der Waals surface area contributed by atoms with Gasteiger partial charge >= 0.3 is 0 Å². The Morgan fingerprint density at radius 1 is 1.50 bits per heavy atom. The molecule has 0 saturated carbocycles. The minimum atomic E-state index is 0.307. The first-order valence-corrected chi connectivity index (χ1v) is 4.12. The molecular weight excluding hydrogens is 197 g/mol. The van der Waals surface area contributed by atoms with Gasteiger partial charge in [-0.15, -0.1) is 11.6 Å². The minimum Gasteiger partial charge on any atom is -0.211 e. The van der Waals surface area contributed by atoms with Crippen molar-refractivity contribution in [3.63, 3.8) is 0 Å². The summed E-state index contributed by atoms with van der Waals surface area (Å²) >= 11 is 11.4. The number of halogens is 2. The molecule has 0 spiro atoms. The van der Waals surface area contributed by atoms with Crippen molar-refractivity contribution in [3.8, 4) is 0 Å². The quantitative estimate of drug-likeness (QED) is 0.411. The second-order valence-electron chi connectivity index (χ2n) is 2.09. The summed E-state index contributed by atoms with van der Waals surface area (Å²) in [4.78, 5) is 13.4. The van der Waals surface area contributed by atoms with E-state index >= 15 is 0 Å². The van der Waals surface area contributed by atoms with E-state index in [-0.39, 0.29) is 0 Å². The fraction of sp³-hybridized carbons (Fsp3) is 0.125. The van der Waals surface area contributed by atoms with Crippen LogP contribution in [0.5, 0.6) is 0 Å². The Hall–Kier alpha value is -0.820. The van der Waals surface area contributed by atoms with Crippen molar-refractivity contribution in [1.29, 1.82) is 0 Å². The topological polar surface area (TPSA) is 29.4 Å².